The van der Waals surface area contributed by atoms with Gasteiger partial charge in [-0.3, -0.25) is 4.79 Å². The van der Waals surface area contributed by atoms with E-state index < -0.39 is 0 Å². The highest BCUT2D eigenvalue weighted by Gasteiger charge is 2.10. The van der Waals surface area contributed by atoms with Gasteiger partial charge in [0.25, 0.3) is 5.91 Å². The normalized spacial score (nSPS) is 10.1. The Morgan fingerprint density at radius 3 is 2.44 bits per heavy atom. The molecule has 2 aromatic rings. The SMILES string of the molecule is O=C(Nc1ccccc1I)c1ccc(O)c(O)c1. The first-order valence-corrected chi connectivity index (χ1v) is 6.23. The van der Waals surface area contributed by atoms with Crippen LogP contribution in [0.5, 0.6) is 11.5 Å². The molecule has 0 atom stereocenters. The number of rotatable bonds is 2. The maximum absolute atomic E-state index is 11.9. The van der Waals surface area contributed by atoms with Gasteiger partial charge in [-0.05, 0) is 52.9 Å². The fraction of sp³-hybridized carbons (Fsp3) is 0. The lowest BCUT2D eigenvalue weighted by Gasteiger charge is -2.07. The molecule has 5 heteroatoms. The number of carbonyl (C=O) groups is 1. The van der Waals surface area contributed by atoms with E-state index in [9.17, 15) is 15.0 Å². The third-order valence-electron chi connectivity index (χ3n) is 2.36. The van der Waals surface area contributed by atoms with E-state index in [4.69, 9.17) is 0 Å². The molecule has 0 saturated carbocycles. The van der Waals surface area contributed by atoms with Crippen molar-refractivity contribution in [3.8, 4) is 11.5 Å². The summed E-state index contributed by atoms with van der Waals surface area (Å²) in [5.41, 5.74) is 0.987. The first kappa shape index (κ1) is 12.7. The van der Waals surface area contributed by atoms with Crippen molar-refractivity contribution in [2.45, 2.75) is 0 Å². The lowest BCUT2D eigenvalue weighted by Crippen LogP contribution is -2.12. The molecule has 0 saturated heterocycles. The molecule has 0 aliphatic rings. The van der Waals surface area contributed by atoms with Crippen LogP contribution in [0.25, 0.3) is 0 Å². The topological polar surface area (TPSA) is 69.6 Å². The van der Waals surface area contributed by atoms with Gasteiger partial charge >= 0.3 is 0 Å². The largest absolute Gasteiger partial charge is 0.504 e. The zero-order chi connectivity index (χ0) is 13.1. The second-order valence-electron chi connectivity index (χ2n) is 3.64. The third-order valence-corrected chi connectivity index (χ3v) is 3.30. The Hall–Kier alpha value is -1.76. The molecule has 0 heterocycles. The predicted molar refractivity (Wildman–Crippen MR) is 76.9 cm³/mol. The maximum atomic E-state index is 11.9. The highest BCUT2D eigenvalue weighted by Crippen LogP contribution is 2.25. The average molecular weight is 355 g/mol. The third kappa shape index (κ3) is 2.73. The van der Waals surface area contributed by atoms with E-state index in [1.165, 1.54) is 18.2 Å². The van der Waals surface area contributed by atoms with E-state index in [0.717, 1.165) is 3.57 Å². The molecule has 0 aliphatic heterocycles. The van der Waals surface area contributed by atoms with Crippen molar-refractivity contribution >= 4 is 34.2 Å². The first-order chi connectivity index (χ1) is 8.58. The van der Waals surface area contributed by atoms with Gasteiger partial charge in [-0.2, -0.15) is 0 Å². The second kappa shape index (κ2) is 5.26. The van der Waals surface area contributed by atoms with Crippen LogP contribution in [0.2, 0.25) is 0 Å². The van der Waals surface area contributed by atoms with Crippen LogP contribution in [0.1, 0.15) is 10.4 Å². The van der Waals surface area contributed by atoms with Crippen molar-refractivity contribution in [1.29, 1.82) is 0 Å². The zero-order valence-electron chi connectivity index (χ0n) is 9.22. The van der Waals surface area contributed by atoms with Gasteiger partial charge in [0.15, 0.2) is 11.5 Å². The molecule has 4 nitrogen and oxygen atoms in total. The fourth-order valence-electron chi connectivity index (χ4n) is 1.42. The quantitative estimate of drug-likeness (QED) is 0.573. The number of anilines is 1. The Bertz CT molecular complexity index is 599. The minimum absolute atomic E-state index is 0.249. The summed E-state index contributed by atoms with van der Waals surface area (Å²) in [5.74, 6) is -0.902. The van der Waals surface area contributed by atoms with Crippen molar-refractivity contribution in [3.05, 3.63) is 51.6 Å². The van der Waals surface area contributed by atoms with Crippen LogP contribution in [0.3, 0.4) is 0 Å². The minimum atomic E-state index is -0.339. The number of aromatic hydroxyl groups is 2. The van der Waals surface area contributed by atoms with Crippen LogP contribution in [0, 0.1) is 3.57 Å². The van der Waals surface area contributed by atoms with Crippen molar-refractivity contribution < 1.29 is 15.0 Å². The average Bonchev–Trinajstić information content (AvgIpc) is 2.35. The number of phenolic OH excluding ortho intramolecular Hbond substituents is 2. The maximum Gasteiger partial charge on any atom is 0.255 e. The highest BCUT2D eigenvalue weighted by molar-refractivity contribution is 14.1. The molecule has 0 aliphatic carbocycles. The van der Waals surface area contributed by atoms with E-state index in [1.54, 1.807) is 6.07 Å². The van der Waals surface area contributed by atoms with Gasteiger partial charge in [0.2, 0.25) is 0 Å². The Morgan fingerprint density at radius 1 is 1.06 bits per heavy atom. The number of para-hydroxylation sites is 1. The second-order valence-corrected chi connectivity index (χ2v) is 4.80. The molecule has 92 valence electrons. The number of benzene rings is 2. The number of phenols is 2. The van der Waals surface area contributed by atoms with Crippen molar-refractivity contribution in [1.82, 2.24) is 0 Å². The smallest absolute Gasteiger partial charge is 0.255 e. The van der Waals surface area contributed by atoms with Gasteiger partial charge in [-0.1, -0.05) is 12.1 Å². The molecule has 0 aromatic heterocycles. The van der Waals surface area contributed by atoms with E-state index in [0.29, 0.717) is 5.69 Å². The van der Waals surface area contributed by atoms with E-state index in [2.05, 4.69) is 27.9 Å². The summed E-state index contributed by atoms with van der Waals surface area (Å²) in [6.07, 6.45) is 0. The molecule has 0 unspecified atom stereocenters. The molecule has 0 fully saturated rings. The molecule has 0 radical (unpaired) electrons. The standard InChI is InChI=1S/C13H10INO3/c14-9-3-1-2-4-10(9)15-13(18)8-5-6-11(16)12(17)7-8/h1-7,16-17H,(H,15,18). The number of halogens is 1. The lowest BCUT2D eigenvalue weighted by atomic mass is 10.2. The summed E-state index contributed by atoms with van der Waals surface area (Å²) in [6.45, 7) is 0. The van der Waals surface area contributed by atoms with E-state index in [1.807, 2.05) is 18.2 Å². The van der Waals surface area contributed by atoms with Crippen LogP contribution in [0.4, 0.5) is 5.69 Å². The van der Waals surface area contributed by atoms with Crippen molar-refractivity contribution in [3.63, 3.8) is 0 Å². The Balaban J connectivity index is 2.22. The van der Waals surface area contributed by atoms with Gasteiger partial charge < -0.3 is 15.5 Å². The lowest BCUT2D eigenvalue weighted by molar-refractivity contribution is 0.102. The van der Waals surface area contributed by atoms with E-state index >= 15 is 0 Å². The number of amides is 1. The predicted octanol–water partition coefficient (Wildman–Crippen LogP) is 2.95. The summed E-state index contributed by atoms with van der Waals surface area (Å²) in [7, 11) is 0. The summed E-state index contributed by atoms with van der Waals surface area (Å²) < 4.78 is 0.923. The Kier molecular flexibility index (Phi) is 3.71. The fourth-order valence-corrected chi connectivity index (χ4v) is 1.94. The number of nitrogens with one attached hydrogen (secondary N) is 1. The molecule has 0 bridgehead atoms. The van der Waals surface area contributed by atoms with Gasteiger partial charge in [-0.25, -0.2) is 0 Å². The molecule has 3 N–H and O–H groups in total. The molecule has 2 rings (SSSR count). The van der Waals surface area contributed by atoms with Gasteiger partial charge in [0.05, 0.1) is 5.69 Å². The first-order valence-electron chi connectivity index (χ1n) is 5.16. The Labute approximate surface area is 117 Å². The molecule has 1 amide bonds. The zero-order valence-corrected chi connectivity index (χ0v) is 11.4. The summed E-state index contributed by atoms with van der Waals surface area (Å²) in [6, 6.07) is 11.3. The van der Waals surface area contributed by atoms with Crippen LogP contribution >= 0.6 is 22.6 Å². The van der Waals surface area contributed by atoms with E-state index in [-0.39, 0.29) is 23.0 Å². The van der Waals surface area contributed by atoms with Crippen LogP contribution in [-0.2, 0) is 0 Å². The van der Waals surface area contributed by atoms with Crippen molar-refractivity contribution in [2.24, 2.45) is 0 Å². The monoisotopic (exact) mass is 355 g/mol. The molecule has 0 spiro atoms. The van der Waals surface area contributed by atoms with Crippen LogP contribution in [-0.4, -0.2) is 16.1 Å². The van der Waals surface area contributed by atoms with Crippen molar-refractivity contribution in [2.75, 3.05) is 5.32 Å². The molecule has 18 heavy (non-hydrogen) atoms. The number of hydrogen-bond acceptors (Lipinski definition) is 3. The highest BCUT2D eigenvalue weighted by atomic mass is 127. The number of carbonyl (C=O) groups excluding carboxylic acids is 1. The van der Waals surface area contributed by atoms with Crippen LogP contribution < -0.4 is 5.32 Å². The minimum Gasteiger partial charge on any atom is -0.504 e. The summed E-state index contributed by atoms with van der Waals surface area (Å²) in [5, 5.41) is 21.2. The van der Waals surface area contributed by atoms with Gasteiger partial charge in [0.1, 0.15) is 0 Å². The summed E-state index contributed by atoms with van der Waals surface area (Å²) >= 11 is 2.12. The van der Waals surface area contributed by atoms with Gasteiger partial charge in [-0.15, -0.1) is 0 Å². The summed E-state index contributed by atoms with van der Waals surface area (Å²) in [4.78, 5) is 11.9. The van der Waals surface area contributed by atoms with Gasteiger partial charge in [0, 0.05) is 9.13 Å². The molecule has 2 aromatic carbocycles. The number of hydrogen-bond donors (Lipinski definition) is 3. The molecular formula is C13H10INO3. The Morgan fingerprint density at radius 2 is 1.78 bits per heavy atom. The molecular weight excluding hydrogens is 345 g/mol. The van der Waals surface area contributed by atoms with Crippen LogP contribution in [0.15, 0.2) is 42.5 Å².